The van der Waals surface area contributed by atoms with Crippen LogP contribution in [0.15, 0.2) is 36.7 Å². The summed E-state index contributed by atoms with van der Waals surface area (Å²) in [6.07, 6.45) is -2.47. The van der Waals surface area contributed by atoms with E-state index in [1.54, 1.807) is 39.1 Å². The molecule has 0 radical (unpaired) electrons. The molecule has 1 aromatic heterocycles. The van der Waals surface area contributed by atoms with Gasteiger partial charge in [-0.3, -0.25) is 10.6 Å². The van der Waals surface area contributed by atoms with Crippen LogP contribution in [0.5, 0.6) is 0 Å². The number of alkyl carbamates (subject to hydrolysis) is 1. The van der Waals surface area contributed by atoms with Crippen LogP contribution in [0, 0.1) is 0 Å². The zero-order chi connectivity index (χ0) is 33.8. The highest BCUT2D eigenvalue weighted by atomic mass is 28.3. The average molecular weight is 658 g/mol. The van der Waals surface area contributed by atoms with Gasteiger partial charge in [-0.05, 0) is 58.4 Å². The van der Waals surface area contributed by atoms with Crippen LogP contribution in [0.2, 0.25) is 25.7 Å². The Hall–Kier alpha value is -3.56. The van der Waals surface area contributed by atoms with Crippen molar-refractivity contribution >= 4 is 31.6 Å². The molecule has 1 aromatic carbocycles. The van der Waals surface area contributed by atoms with Crippen molar-refractivity contribution in [2.24, 2.45) is 0 Å². The fraction of sp³-hybridized carbons (Fsp3) is 0.567. The maximum Gasteiger partial charge on any atom is 0.433 e. The van der Waals surface area contributed by atoms with Crippen LogP contribution in [-0.2, 0) is 32.1 Å². The van der Waals surface area contributed by atoms with Crippen molar-refractivity contribution in [1.82, 2.24) is 14.9 Å². The molecule has 0 saturated heterocycles. The number of hydrogen-bond donors (Lipinski definition) is 3. The molecule has 0 aliphatic rings. The number of hydrogen-bond acceptors (Lipinski definition) is 8. The Labute approximate surface area is 263 Å². The van der Waals surface area contributed by atoms with E-state index in [0.29, 0.717) is 36.5 Å². The molecule has 1 atom stereocenters. The molecule has 0 aliphatic heterocycles. The highest BCUT2D eigenvalue weighted by molar-refractivity contribution is 6.76. The van der Waals surface area contributed by atoms with E-state index in [9.17, 15) is 22.8 Å². The summed E-state index contributed by atoms with van der Waals surface area (Å²) in [4.78, 5) is 28.4. The lowest BCUT2D eigenvalue weighted by Gasteiger charge is -2.24. The third kappa shape index (κ3) is 14.0. The Kier molecular flexibility index (Phi) is 13.9. The number of alkyl halides is 3. The predicted molar refractivity (Wildman–Crippen MR) is 170 cm³/mol. The lowest BCUT2D eigenvalue weighted by Crippen LogP contribution is -2.38. The molecular weight excluding hydrogens is 611 g/mol. The molecule has 252 valence electrons. The number of halogens is 3. The number of allylic oxidation sites excluding steroid dienone is 1. The van der Waals surface area contributed by atoms with E-state index in [1.165, 1.54) is 32.4 Å². The number of benzene rings is 1. The van der Waals surface area contributed by atoms with Gasteiger partial charge in [0.15, 0.2) is 0 Å². The molecule has 11 nitrogen and oxygen atoms in total. The molecule has 15 heteroatoms. The van der Waals surface area contributed by atoms with Crippen LogP contribution in [0.4, 0.5) is 34.1 Å². The smallest absolute Gasteiger partial charge is 0.433 e. The standard InChI is InChI=1S/C30H46F3N5O6Si/c1-9-43-26(30(31,32)33)37-23-18-21(35-28(40)41-5)13-14-22(23)24-19-38(20-42-16-17-45(6,7)8)25(36-24)12-10-11-15-34-27(39)44-29(2,3)4/h11,13-15,18-19,26,37H,9-10,12,16-17,20H2,1-8H3,(H,34,39)(H,35,40). The molecule has 2 rings (SSSR count). The zero-order valence-corrected chi connectivity index (χ0v) is 28.3. The van der Waals surface area contributed by atoms with Crippen molar-refractivity contribution in [2.75, 3.05) is 31.0 Å². The summed E-state index contributed by atoms with van der Waals surface area (Å²) in [6, 6.07) is 5.41. The van der Waals surface area contributed by atoms with Gasteiger partial charge < -0.3 is 28.8 Å². The van der Waals surface area contributed by atoms with E-state index in [2.05, 4.69) is 40.3 Å². The van der Waals surface area contributed by atoms with Crippen LogP contribution in [0.25, 0.3) is 11.3 Å². The summed E-state index contributed by atoms with van der Waals surface area (Å²) in [5.41, 5.74) is 0.362. The van der Waals surface area contributed by atoms with Crippen LogP contribution in [0.1, 0.15) is 39.9 Å². The van der Waals surface area contributed by atoms with E-state index >= 15 is 0 Å². The third-order valence-electron chi connectivity index (χ3n) is 5.98. The number of ether oxygens (including phenoxy) is 4. The maximum atomic E-state index is 13.8. The van der Waals surface area contributed by atoms with E-state index < -0.39 is 38.3 Å². The van der Waals surface area contributed by atoms with Gasteiger partial charge in [-0.2, -0.15) is 13.2 Å². The van der Waals surface area contributed by atoms with Gasteiger partial charge in [0, 0.05) is 57.0 Å². The van der Waals surface area contributed by atoms with Gasteiger partial charge in [-0.15, -0.1) is 0 Å². The largest absolute Gasteiger partial charge is 0.453 e. The number of aromatic nitrogens is 2. The molecule has 0 spiro atoms. The second kappa shape index (κ2) is 16.7. The van der Waals surface area contributed by atoms with Crippen LogP contribution in [0.3, 0.4) is 0 Å². The number of amides is 2. The van der Waals surface area contributed by atoms with Gasteiger partial charge >= 0.3 is 18.4 Å². The summed E-state index contributed by atoms with van der Waals surface area (Å²) < 4.78 is 63.9. The second-order valence-electron chi connectivity index (χ2n) is 12.3. The topological polar surface area (TPSA) is 125 Å². The van der Waals surface area contributed by atoms with Crippen LogP contribution in [-0.4, -0.2) is 68.1 Å². The molecule has 0 bridgehead atoms. The van der Waals surface area contributed by atoms with Crippen molar-refractivity contribution in [3.8, 4) is 11.3 Å². The Bertz CT molecular complexity index is 1290. The minimum atomic E-state index is -4.71. The highest BCUT2D eigenvalue weighted by Gasteiger charge is 2.41. The zero-order valence-electron chi connectivity index (χ0n) is 27.3. The predicted octanol–water partition coefficient (Wildman–Crippen LogP) is 7.35. The van der Waals surface area contributed by atoms with Crippen LogP contribution >= 0.6 is 0 Å². The van der Waals surface area contributed by atoms with Gasteiger partial charge in [0.25, 0.3) is 0 Å². The van der Waals surface area contributed by atoms with E-state index in [-0.39, 0.29) is 24.7 Å². The normalized spacial score (nSPS) is 13.0. The minimum Gasteiger partial charge on any atom is -0.453 e. The lowest BCUT2D eigenvalue weighted by molar-refractivity contribution is -0.209. The van der Waals surface area contributed by atoms with Gasteiger partial charge in [0.05, 0.1) is 12.8 Å². The number of nitrogens with zero attached hydrogens (tertiary/aromatic N) is 2. The lowest BCUT2D eigenvalue weighted by atomic mass is 10.1. The van der Waals surface area contributed by atoms with E-state index in [1.807, 2.05) is 4.57 Å². The number of aryl methyl sites for hydroxylation is 1. The third-order valence-corrected chi connectivity index (χ3v) is 7.69. The number of anilines is 2. The molecule has 1 unspecified atom stereocenters. The molecule has 45 heavy (non-hydrogen) atoms. The quantitative estimate of drug-likeness (QED) is 0.103. The SMILES string of the molecule is CCOC(Nc1cc(NC(=O)OC)ccc1-c1cn(COCC[Si](C)(C)C)c(CCC=CNC(=O)OC(C)(C)C)n1)C(F)(F)F. The summed E-state index contributed by atoms with van der Waals surface area (Å²) in [7, 11) is -0.150. The Morgan fingerprint density at radius 3 is 2.44 bits per heavy atom. The summed E-state index contributed by atoms with van der Waals surface area (Å²) in [6.45, 7) is 14.1. The van der Waals surface area contributed by atoms with Crippen molar-refractivity contribution in [1.29, 1.82) is 0 Å². The first-order valence-electron chi connectivity index (χ1n) is 14.6. The Morgan fingerprint density at radius 2 is 1.84 bits per heavy atom. The fourth-order valence-electron chi connectivity index (χ4n) is 3.83. The van der Waals surface area contributed by atoms with E-state index in [4.69, 9.17) is 19.2 Å². The first-order chi connectivity index (χ1) is 20.9. The molecule has 0 fully saturated rings. The van der Waals surface area contributed by atoms with Crippen molar-refractivity contribution in [3.63, 3.8) is 0 Å². The van der Waals surface area contributed by atoms with Gasteiger partial charge in [-0.25, -0.2) is 14.6 Å². The minimum absolute atomic E-state index is 0.0389. The van der Waals surface area contributed by atoms with E-state index in [0.717, 1.165) is 6.04 Å². The van der Waals surface area contributed by atoms with Crippen molar-refractivity contribution in [2.45, 2.75) is 91.0 Å². The number of rotatable bonds is 15. The van der Waals surface area contributed by atoms with Crippen molar-refractivity contribution < 1.29 is 41.7 Å². The molecule has 2 aromatic rings. The first-order valence-corrected chi connectivity index (χ1v) is 18.3. The molecule has 3 N–H and O–H groups in total. The van der Waals surface area contributed by atoms with Gasteiger partial charge in [0.1, 0.15) is 18.2 Å². The summed E-state index contributed by atoms with van der Waals surface area (Å²) in [5, 5.41) is 7.45. The molecular formula is C30H46F3N5O6Si. The van der Waals surface area contributed by atoms with Gasteiger partial charge in [0.2, 0.25) is 6.23 Å². The number of nitrogens with one attached hydrogen (secondary N) is 3. The van der Waals surface area contributed by atoms with Crippen molar-refractivity contribution in [3.05, 3.63) is 42.5 Å². The number of carbonyl (C=O) groups is 2. The number of imidazole rings is 1. The summed E-state index contributed by atoms with van der Waals surface area (Å²) >= 11 is 0. The highest BCUT2D eigenvalue weighted by Crippen LogP contribution is 2.34. The monoisotopic (exact) mass is 657 g/mol. The number of carbonyl (C=O) groups excluding carboxylic acids is 2. The second-order valence-corrected chi connectivity index (χ2v) is 18.0. The first kappa shape index (κ1) is 37.6. The average Bonchev–Trinajstić information content (AvgIpc) is 3.31. The molecule has 0 aliphatic carbocycles. The number of methoxy groups -OCH3 is 1. The molecule has 1 heterocycles. The maximum absolute atomic E-state index is 13.8. The van der Waals surface area contributed by atoms with Gasteiger partial charge in [-0.1, -0.05) is 25.7 Å². The Balaban J connectivity index is 2.40. The Morgan fingerprint density at radius 1 is 1.13 bits per heavy atom. The molecule has 0 saturated carbocycles. The summed E-state index contributed by atoms with van der Waals surface area (Å²) in [5.74, 6) is 0.625. The molecule has 2 amide bonds. The van der Waals surface area contributed by atoms with Crippen LogP contribution < -0.4 is 16.0 Å². The fourth-order valence-corrected chi connectivity index (χ4v) is 4.58.